The molecule has 1 aromatic carbocycles. The van der Waals surface area contributed by atoms with Gasteiger partial charge >= 0.3 is 12.0 Å². The molecular formula is C20H30N2O3. The maximum Gasteiger partial charge on any atom is 0.328 e. The highest BCUT2D eigenvalue weighted by Crippen LogP contribution is 2.22. The second-order valence-corrected chi connectivity index (χ2v) is 7.27. The van der Waals surface area contributed by atoms with Crippen LogP contribution < -0.4 is 5.32 Å². The number of amides is 2. The first kappa shape index (κ1) is 19.3. The molecule has 1 heterocycles. The van der Waals surface area contributed by atoms with E-state index in [9.17, 15) is 9.59 Å². The molecule has 1 atom stereocenters. The quantitative estimate of drug-likeness (QED) is 0.805. The number of likely N-dealkylation sites (tertiary alicyclic amines) is 1. The van der Waals surface area contributed by atoms with Crippen LogP contribution >= 0.6 is 0 Å². The number of methoxy groups -OCH3 is 1. The fourth-order valence-electron chi connectivity index (χ4n) is 3.36. The summed E-state index contributed by atoms with van der Waals surface area (Å²) in [6, 6.07) is 9.76. The Kier molecular flexibility index (Phi) is 7.29. The number of hydrogen-bond acceptors (Lipinski definition) is 3. The van der Waals surface area contributed by atoms with E-state index in [0.717, 1.165) is 32.4 Å². The SMILES string of the molecule is COC(=O)[C@H](CC(C)C)NC(=O)N1CCC(Cc2ccccc2)CC1. The number of benzene rings is 1. The van der Waals surface area contributed by atoms with Gasteiger partial charge in [-0.2, -0.15) is 0 Å². The lowest BCUT2D eigenvalue weighted by Gasteiger charge is -2.33. The number of urea groups is 1. The number of carbonyl (C=O) groups is 2. The summed E-state index contributed by atoms with van der Waals surface area (Å²) < 4.78 is 4.81. The Morgan fingerprint density at radius 2 is 1.84 bits per heavy atom. The minimum atomic E-state index is -0.570. The van der Waals surface area contributed by atoms with E-state index < -0.39 is 6.04 Å². The number of rotatable bonds is 6. The Balaban J connectivity index is 1.82. The summed E-state index contributed by atoms with van der Waals surface area (Å²) in [6.07, 6.45) is 3.64. The average molecular weight is 346 g/mol. The lowest BCUT2D eigenvalue weighted by Crippen LogP contribution is -2.50. The Morgan fingerprint density at radius 1 is 1.20 bits per heavy atom. The standard InChI is InChI=1S/C20H30N2O3/c1-15(2)13-18(19(23)25-3)21-20(24)22-11-9-17(10-12-22)14-16-7-5-4-6-8-16/h4-8,15,17-18H,9-14H2,1-3H3,(H,21,24)/t18-/m0/s1. The molecular weight excluding hydrogens is 316 g/mol. The molecule has 0 aromatic heterocycles. The van der Waals surface area contributed by atoms with E-state index >= 15 is 0 Å². The second-order valence-electron chi connectivity index (χ2n) is 7.27. The molecule has 0 bridgehead atoms. The summed E-state index contributed by atoms with van der Waals surface area (Å²) >= 11 is 0. The number of esters is 1. The lowest BCUT2D eigenvalue weighted by atomic mass is 9.90. The van der Waals surface area contributed by atoms with Crippen LogP contribution in [0.3, 0.4) is 0 Å². The van der Waals surface area contributed by atoms with Crippen LogP contribution in [0.1, 0.15) is 38.7 Å². The molecule has 0 unspecified atom stereocenters. The van der Waals surface area contributed by atoms with Gasteiger partial charge in [-0.1, -0.05) is 44.2 Å². The van der Waals surface area contributed by atoms with Crippen LogP contribution in [0.25, 0.3) is 0 Å². The van der Waals surface area contributed by atoms with Crippen LogP contribution in [0.2, 0.25) is 0 Å². The van der Waals surface area contributed by atoms with Crippen molar-refractivity contribution < 1.29 is 14.3 Å². The molecule has 2 amide bonds. The summed E-state index contributed by atoms with van der Waals surface area (Å²) in [7, 11) is 1.36. The topological polar surface area (TPSA) is 58.6 Å². The maximum atomic E-state index is 12.5. The molecule has 1 aliphatic heterocycles. The molecule has 1 aliphatic rings. The molecule has 1 aromatic rings. The maximum absolute atomic E-state index is 12.5. The third-order valence-corrected chi connectivity index (χ3v) is 4.76. The molecule has 2 rings (SSSR count). The molecule has 0 aliphatic carbocycles. The first-order valence-corrected chi connectivity index (χ1v) is 9.16. The predicted octanol–water partition coefficient (Wildman–Crippen LogP) is 3.24. The van der Waals surface area contributed by atoms with Gasteiger partial charge in [-0.25, -0.2) is 9.59 Å². The van der Waals surface area contributed by atoms with Crippen LogP contribution in [0.5, 0.6) is 0 Å². The third kappa shape index (κ3) is 6.07. The van der Waals surface area contributed by atoms with Crippen LogP contribution in [0.4, 0.5) is 4.79 Å². The van der Waals surface area contributed by atoms with Gasteiger partial charge in [0.1, 0.15) is 6.04 Å². The second kappa shape index (κ2) is 9.44. The van der Waals surface area contributed by atoms with Crippen molar-refractivity contribution in [3.8, 4) is 0 Å². The van der Waals surface area contributed by atoms with Crippen molar-refractivity contribution in [2.75, 3.05) is 20.2 Å². The molecule has 0 spiro atoms. The van der Waals surface area contributed by atoms with Crippen LogP contribution in [0.15, 0.2) is 30.3 Å². The highest BCUT2D eigenvalue weighted by atomic mass is 16.5. The molecule has 5 heteroatoms. The van der Waals surface area contributed by atoms with Crippen molar-refractivity contribution in [2.24, 2.45) is 11.8 Å². The van der Waals surface area contributed by atoms with Gasteiger partial charge in [-0.05, 0) is 43.1 Å². The molecule has 0 saturated carbocycles. The van der Waals surface area contributed by atoms with E-state index in [1.807, 2.05) is 24.8 Å². The van der Waals surface area contributed by atoms with Crippen LogP contribution in [-0.4, -0.2) is 43.1 Å². The van der Waals surface area contributed by atoms with Crippen molar-refractivity contribution >= 4 is 12.0 Å². The molecule has 25 heavy (non-hydrogen) atoms. The van der Waals surface area contributed by atoms with E-state index in [4.69, 9.17) is 4.74 Å². The van der Waals surface area contributed by atoms with Crippen LogP contribution in [-0.2, 0) is 16.0 Å². The highest BCUT2D eigenvalue weighted by Gasteiger charge is 2.27. The monoisotopic (exact) mass is 346 g/mol. The van der Waals surface area contributed by atoms with Crippen molar-refractivity contribution in [1.82, 2.24) is 10.2 Å². The van der Waals surface area contributed by atoms with Gasteiger partial charge < -0.3 is 15.0 Å². The van der Waals surface area contributed by atoms with Crippen molar-refractivity contribution in [1.29, 1.82) is 0 Å². The summed E-state index contributed by atoms with van der Waals surface area (Å²) in [6.45, 7) is 5.52. The van der Waals surface area contributed by atoms with E-state index in [-0.39, 0.29) is 12.0 Å². The number of carbonyl (C=O) groups excluding carboxylic acids is 2. The fraction of sp³-hybridized carbons (Fsp3) is 0.600. The number of ether oxygens (including phenoxy) is 1. The molecule has 0 radical (unpaired) electrons. The van der Waals surface area contributed by atoms with Crippen molar-refractivity contribution in [3.05, 3.63) is 35.9 Å². The van der Waals surface area contributed by atoms with Crippen molar-refractivity contribution in [3.63, 3.8) is 0 Å². The zero-order valence-corrected chi connectivity index (χ0v) is 15.5. The Hall–Kier alpha value is -2.04. The van der Waals surface area contributed by atoms with E-state index in [2.05, 4.69) is 29.6 Å². The van der Waals surface area contributed by atoms with E-state index in [1.54, 1.807) is 0 Å². The molecule has 1 N–H and O–H groups in total. The lowest BCUT2D eigenvalue weighted by molar-refractivity contribution is -0.143. The first-order valence-electron chi connectivity index (χ1n) is 9.16. The van der Waals surface area contributed by atoms with Gasteiger partial charge in [0.15, 0.2) is 0 Å². The summed E-state index contributed by atoms with van der Waals surface area (Å²) in [5.41, 5.74) is 1.35. The van der Waals surface area contributed by atoms with Crippen molar-refractivity contribution in [2.45, 2.75) is 45.6 Å². The Labute approximate surface area is 150 Å². The Morgan fingerprint density at radius 3 is 2.40 bits per heavy atom. The Bertz CT molecular complexity index is 551. The zero-order chi connectivity index (χ0) is 18.2. The number of nitrogens with one attached hydrogen (secondary N) is 1. The molecule has 5 nitrogen and oxygen atoms in total. The summed E-state index contributed by atoms with van der Waals surface area (Å²) in [5, 5.41) is 2.85. The van der Waals surface area contributed by atoms with Gasteiger partial charge in [0.2, 0.25) is 0 Å². The van der Waals surface area contributed by atoms with Crippen LogP contribution in [0, 0.1) is 11.8 Å². The van der Waals surface area contributed by atoms with Gasteiger partial charge in [0.05, 0.1) is 7.11 Å². The smallest absolute Gasteiger partial charge is 0.328 e. The van der Waals surface area contributed by atoms with Gasteiger partial charge in [-0.15, -0.1) is 0 Å². The number of hydrogen-bond donors (Lipinski definition) is 1. The number of piperidine rings is 1. The minimum Gasteiger partial charge on any atom is -0.467 e. The van der Waals surface area contributed by atoms with Gasteiger partial charge in [-0.3, -0.25) is 0 Å². The molecule has 1 saturated heterocycles. The van der Waals surface area contributed by atoms with E-state index in [0.29, 0.717) is 18.3 Å². The first-order chi connectivity index (χ1) is 12.0. The third-order valence-electron chi connectivity index (χ3n) is 4.76. The molecule has 1 fully saturated rings. The fourth-order valence-corrected chi connectivity index (χ4v) is 3.36. The minimum absolute atomic E-state index is 0.158. The summed E-state index contributed by atoms with van der Waals surface area (Å²) in [4.78, 5) is 26.2. The van der Waals surface area contributed by atoms with Gasteiger partial charge in [0, 0.05) is 13.1 Å². The molecule has 138 valence electrons. The predicted molar refractivity (Wildman–Crippen MR) is 98.2 cm³/mol. The largest absolute Gasteiger partial charge is 0.467 e. The normalized spacial score (nSPS) is 16.6. The summed E-state index contributed by atoms with van der Waals surface area (Å²) in [5.74, 6) is 0.542. The highest BCUT2D eigenvalue weighted by molar-refractivity contribution is 5.83. The zero-order valence-electron chi connectivity index (χ0n) is 15.5. The average Bonchev–Trinajstić information content (AvgIpc) is 2.61. The van der Waals surface area contributed by atoms with Gasteiger partial charge in [0.25, 0.3) is 0 Å². The van der Waals surface area contributed by atoms with E-state index in [1.165, 1.54) is 12.7 Å². The number of nitrogens with zero attached hydrogens (tertiary/aromatic N) is 1.